The third-order valence-corrected chi connectivity index (χ3v) is 5.97. The van der Waals surface area contributed by atoms with Crippen LogP contribution in [-0.2, 0) is 21.2 Å². The quantitative estimate of drug-likeness (QED) is 0.550. The Morgan fingerprint density at radius 2 is 1.70 bits per heavy atom. The fraction of sp³-hybridized carbons (Fsp3) is 0.435. The van der Waals surface area contributed by atoms with Gasteiger partial charge in [-0.2, -0.15) is 0 Å². The first-order valence-electron chi connectivity index (χ1n) is 10.3. The molecule has 0 aromatic heterocycles. The van der Waals surface area contributed by atoms with Crippen LogP contribution in [0.4, 0.5) is 5.69 Å². The second-order valence-electron chi connectivity index (χ2n) is 7.29. The molecular formula is C23H32N2O4S. The van der Waals surface area contributed by atoms with E-state index >= 15 is 0 Å². The Morgan fingerprint density at radius 1 is 1.07 bits per heavy atom. The van der Waals surface area contributed by atoms with E-state index in [1.165, 1.54) is 4.31 Å². The van der Waals surface area contributed by atoms with Gasteiger partial charge in [-0.05, 0) is 62.9 Å². The van der Waals surface area contributed by atoms with Gasteiger partial charge in [-0.15, -0.1) is 0 Å². The lowest BCUT2D eigenvalue weighted by Crippen LogP contribution is -2.49. The van der Waals surface area contributed by atoms with Crippen molar-refractivity contribution in [2.75, 3.05) is 23.7 Å². The van der Waals surface area contributed by atoms with E-state index in [9.17, 15) is 13.2 Å². The van der Waals surface area contributed by atoms with Crippen molar-refractivity contribution in [3.63, 3.8) is 0 Å². The topological polar surface area (TPSA) is 75.7 Å². The van der Waals surface area contributed by atoms with Gasteiger partial charge < -0.3 is 10.1 Å². The van der Waals surface area contributed by atoms with Crippen LogP contribution < -0.4 is 14.4 Å². The summed E-state index contributed by atoms with van der Waals surface area (Å²) < 4.78 is 31.5. The highest BCUT2D eigenvalue weighted by Gasteiger charge is 2.31. The van der Waals surface area contributed by atoms with Gasteiger partial charge in [0.1, 0.15) is 11.8 Å². The van der Waals surface area contributed by atoms with Gasteiger partial charge in [0.25, 0.3) is 0 Å². The number of nitrogens with zero attached hydrogens (tertiary/aromatic N) is 1. The molecule has 2 rings (SSSR count). The van der Waals surface area contributed by atoms with Gasteiger partial charge >= 0.3 is 0 Å². The van der Waals surface area contributed by atoms with Crippen molar-refractivity contribution >= 4 is 21.6 Å². The number of anilines is 1. The highest BCUT2D eigenvalue weighted by atomic mass is 32.2. The number of carbonyl (C=O) groups is 1. The summed E-state index contributed by atoms with van der Waals surface area (Å²) >= 11 is 0. The average molecular weight is 433 g/mol. The molecule has 0 saturated heterocycles. The molecular weight excluding hydrogens is 400 g/mol. The van der Waals surface area contributed by atoms with E-state index in [0.29, 0.717) is 25.3 Å². The van der Waals surface area contributed by atoms with Crippen LogP contribution >= 0.6 is 0 Å². The van der Waals surface area contributed by atoms with E-state index in [1.54, 1.807) is 12.1 Å². The molecule has 2 aromatic carbocycles. The summed E-state index contributed by atoms with van der Waals surface area (Å²) in [6.45, 7) is 6.81. The van der Waals surface area contributed by atoms with Gasteiger partial charge in [-0.3, -0.25) is 9.10 Å². The first kappa shape index (κ1) is 23.7. The van der Waals surface area contributed by atoms with Crippen LogP contribution in [0, 0.1) is 6.92 Å². The molecule has 0 fully saturated rings. The van der Waals surface area contributed by atoms with E-state index in [0.717, 1.165) is 36.0 Å². The van der Waals surface area contributed by atoms with Crippen molar-refractivity contribution < 1.29 is 17.9 Å². The number of ether oxygens (including phenoxy) is 1. The molecule has 0 aliphatic rings. The summed E-state index contributed by atoms with van der Waals surface area (Å²) in [5.74, 6) is 0.563. The molecule has 1 atom stereocenters. The number of aryl methyl sites for hydroxylation is 2. The van der Waals surface area contributed by atoms with Crippen molar-refractivity contribution in [2.24, 2.45) is 0 Å². The Balaban J connectivity index is 1.97. The molecule has 0 radical (unpaired) electrons. The summed E-state index contributed by atoms with van der Waals surface area (Å²) in [7, 11) is -3.61. The van der Waals surface area contributed by atoms with Crippen LogP contribution in [-0.4, -0.2) is 39.8 Å². The van der Waals surface area contributed by atoms with Crippen molar-refractivity contribution in [2.45, 2.75) is 46.1 Å². The van der Waals surface area contributed by atoms with E-state index in [1.807, 2.05) is 57.2 Å². The van der Waals surface area contributed by atoms with Crippen molar-refractivity contribution in [3.8, 4) is 5.75 Å². The van der Waals surface area contributed by atoms with Gasteiger partial charge in [0.05, 0.1) is 18.6 Å². The van der Waals surface area contributed by atoms with Crippen LogP contribution in [0.5, 0.6) is 5.75 Å². The normalized spacial score (nSPS) is 12.3. The van der Waals surface area contributed by atoms with E-state index in [4.69, 9.17) is 4.74 Å². The smallest absolute Gasteiger partial charge is 0.243 e. The number of sulfonamides is 1. The molecule has 0 spiro atoms. The zero-order valence-electron chi connectivity index (χ0n) is 18.2. The molecule has 164 valence electrons. The predicted molar refractivity (Wildman–Crippen MR) is 122 cm³/mol. The molecule has 6 nitrogen and oxygen atoms in total. The lowest BCUT2D eigenvalue weighted by molar-refractivity contribution is -0.122. The Labute approximate surface area is 180 Å². The second-order valence-corrected chi connectivity index (χ2v) is 9.15. The highest BCUT2D eigenvalue weighted by molar-refractivity contribution is 7.92. The zero-order valence-corrected chi connectivity index (χ0v) is 19.0. The van der Waals surface area contributed by atoms with Crippen LogP contribution in [0.25, 0.3) is 0 Å². The monoisotopic (exact) mass is 432 g/mol. The number of nitrogens with one attached hydrogen (secondary N) is 1. The maximum atomic E-state index is 12.8. The standard InChI is InChI=1S/C23H32N2O4S/c1-5-22(25(30(4,27)28)20-13-9-18(3)10-14-20)23(26)24-17-7-8-19-11-15-21(16-12-19)29-6-2/h9-16,22H,5-8,17H2,1-4H3,(H,24,26). The minimum atomic E-state index is -3.61. The van der Waals surface area contributed by atoms with Gasteiger partial charge in [-0.25, -0.2) is 8.42 Å². The van der Waals surface area contributed by atoms with E-state index in [-0.39, 0.29) is 5.91 Å². The first-order chi connectivity index (χ1) is 14.3. The molecule has 0 aliphatic heterocycles. The molecule has 1 amide bonds. The lowest BCUT2D eigenvalue weighted by Gasteiger charge is -2.30. The van der Waals surface area contributed by atoms with Crippen molar-refractivity contribution in [1.29, 1.82) is 0 Å². The maximum Gasteiger partial charge on any atom is 0.243 e. The van der Waals surface area contributed by atoms with Gasteiger partial charge in [0.15, 0.2) is 0 Å². The summed E-state index contributed by atoms with van der Waals surface area (Å²) in [4.78, 5) is 12.8. The first-order valence-corrected chi connectivity index (χ1v) is 12.2. The Hall–Kier alpha value is -2.54. The SMILES string of the molecule is CCOc1ccc(CCCNC(=O)C(CC)N(c2ccc(C)cc2)S(C)(=O)=O)cc1. The lowest BCUT2D eigenvalue weighted by atomic mass is 10.1. The molecule has 0 heterocycles. The van der Waals surface area contributed by atoms with Crippen LogP contribution in [0.15, 0.2) is 48.5 Å². The van der Waals surface area contributed by atoms with E-state index < -0.39 is 16.1 Å². The van der Waals surface area contributed by atoms with Crippen LogP contribution in [0.2, 0.25) is 0 Å². The number of benzene rings is 2. The molecule has 2 aromatic rings. The molecule has 0 bridgehead atoms. The second kappa shape index (κ2) is 11.0. The largest absolute Gasteiger partial charge is 0.494 e. The molecule has 0 aliphatic carbocycles. The number of hydrogen-bond donors (Lipinski definition) is 1. The third-order valence-electron chi connectivity index (χ3n) is 4.79. The van der Waals surface area contributed by atoms with Crippen LogP contribution in [0.3, 0.4) is 0 Å². The molecule has 0 saturated carbocycles. The fourth-order valence-corrected chi connectivity index (χ4v) is 4.50. The Bertz CT molecular complexity index is 909. The Kier molecular flexibility index (Phi) is 8.72. The summed E-state index contributed by atoms with van der Waals surface area (Å²) in [5, 5.41) is 2.90. The molecule has 1 unspecified atom stereocenters. The van der Waals surface area contributed by atoms with Crippen molar-refractivity contribution in [3.05, 3.63) is 59.7 Å². The van der Waals surface area contributed by atoms with Crippen LogP contribution in [0.1, 0.15) is 37.8 Å². The number of amides is 1. The third kappa shape index (κ3) is 6.76. The Morgan fingerprint density at radius 3 is 2.23 bits per heavy atom. The van der Waals surface area contributed by atoms with Gasteiger partial charge in [0.2, 0.25) is 15.9 Å². The summed E-state index contributed by atoms with van der Waals surface area (Å²) in [6, 6.07) is 14.3. The van der Waals surface area contributed by atoms with Gasteiger partial charge in [0, 0.05) is 6.54 Å². The minimum Gasteiger partial charge on any atom is -0.494 e. The minimum absolute atomic E-state index is 0.282. The summed E-state index contributed by atoms with van der Waals surface area (Å²) in [5.41, 5.74) is 2.69. The summed E-state index contributed by atoms with van der Waals surface area (Å²) in [6.07, 6.45) is 3.09. The number of carbonyl (C=O) groups excluding carboxylic acids is 1. The highest BCUT2D eigenvalue weighted by Crippen LogP contribution is 2.23. The zero-order chi connectivity index (χ0) is 22.1. The van der Waals surface area contributed by atoms with Gasteiger partial charge in [-0.1, -0.05) is 36.8 Å². The fourth-order valence-electron chi connectivity index (χ4n) is 3.29. The maximum absolute atomic E-state index is 12.8. The number of rotatable bonds is 11. The molecule has 7 heteroatoms. The van der Waals surface area contributed by atoms with E-state index in [2.05, 4.69) is 5.32 Å². The predicted octanol–water partition coefficient (Wildman–Crippen LogP) is 3.69. The van der Waals surface area contributed by atoms with Crippen molar-refractivity contribution in [1.82, 2.24) is 5.32 Å². The number of hydrogen-bond acceptors (Lipinski definition) is 4. The molecule has 1 N–H and O–H groups in total. The average Bonchev–Trinajstić information content (AvgIpc) is 2.70. The molecule has 30 heavy (non-hydrogen) atoms.